The van der Waals surface area contributed by atoms with Crippen molar-refractivity contribution in [3.63, 3.8) is 0 Å². The molecule has 3 saturated heterocycles. The number of aliphatic hydroxyl groups excluding tert-OH is 1. The Morgan fingerprint density at radius 2 is 1.29 bits per heavy atom. The summed E-state index contributed by atoms with van der Waals surface area (Å²) in [7, 11) is 1.52. The van der Waals surface area contributed by atoms with Crippen LogP contribution >= 0.6 is 0 Å². The fourth-order valence-corrected chi connectivity index (χ4v) is 3.92. The zero-order valence-corrected chi connectivity index (χ0v) is 19.1. The molecule has 2 amide bonds. The second-order valence-electron chi connectivity index (χ2n) is 8.44. The Morgan fingerprint density at radius 1 is 0.824 bits per heavy atom. The smallest absolute Gasteiger partial charge is 0.410 e. The number of benzene rings is 2. The highest BCUT2D eigenvalue weighted by atomic mass is 16.6. The first kappa shape index (κ1) is 24.0. The highest BCUT2D eigenvalue weighted by molar-refractivity contribution is 5.68. The lowest BCUT2D eigenvalue weighted by Crippen LogP contribution is -2.32. The molecule has 0 spiro atoms. The third-order valence-electron chi connectivity index (χ3n) is 5.95. The molecule has 2 aromatic carbocycles. The molecular weight excluding hydrogens is 440 g/mol. The highest BCUT2D eigenvalue weighted by Crippen LogP contribution is 2.30. The van der Waals surface area contributed by atoms with Crippen LogP contribution in [0.1, 0.15) is 11.1 Å². The van der Waals surface area contributed by atoms with Crippen LogP contribution in [-0.2, 0) is 32.2 Å². The van der Waals surface area contributed by atoms with Gasteiger partial charge in [-0.2, -0.15) is 0 Å². The van der Waals surface area contributed by atoms with E-state index in [-0.39, 0.29) is 37.6 Å². The van der Waals surface area contributed by atoms with Gasteiger partial charge in [0.1, 0.15) is 31.5 Å². The first-order valence-corrected chi connectivity index (χ1v) is 11.3. The van der Waals surface area contributed by atoms with E-state index in [0.717, 1.165) is 11.1 Å². The maximum Gasteiger partial charge on any atom is 0.410 e. The van der Waals surface area contributed by atoms with Crippen molar-refractivity contribution in [2.24, 2.45) is 0 Å². The second kappa shape index (κ2) is 11.3. The largest absolute Gasteiger partial charge is 0.445 e. The number of hydrogen-bond acceptors (Lipinski definition) is 7. The predicted molar refractivity (Wildman–Crippen MR) is 122 cm³/mol. The summed E-state index contributed by atoms with van der Waals surface area (Å²) in [5.41, 5.74) is 1.95. The molecule has 4 atom stereocenters. The van der Waals surface area contributed by atoms with E-state index in [2.05, 4.69) is 0 Å². The maximum atomic E-state index is 11.8. The number of aliphatic hydroxyl groups is 1. The number of morpholine rings is 1. The van der Waals surface area contributed by atoms with E-state index < -0.39 is 12.2 Å². The summed E-state index contributed by atoms with van der Waals surface area (Å²) in [6.45, 7) is 2.56. The Hall–Kier alpha value is -3.14. The van der Waals surface area contributed by atoms with Crippen molar-refractivity contribution < 1.29 is 33.6 Å². The number of amides is 2. The number of β-amino-alcohol motifs (C(OH)–C–C–N with tert-alkyl or cyclic N) is 1. The minimum atomic E-state index is -0.640. The molecule has 5 rings (SSSR count). The van der Waals surface area contributed by atoms with E-state index in [4.69, 9.17) is 18.9 Å². The Morgan fingerprint density at radius 3 is 1.74 bits per heavy atom. The van der Waals surface area contributed by atoms with Crippen molar-refractivity contribution in [2.75, 3.05) is 33.3 Å². The summed E-state index contributed by atoms with van der Waals surface area (Å²) < 4.78 is 20.7. The van der Waals surface area contributed by atoms with E-state index in [1.807, 2.05) is 60.7 Å². The molecule has 9 heteroatoms. The van der Waals surface area contributed by atoms with Crippen LogP contribution in [0.15, 0.2) is 60.7 Å². The quantitative estimate of drug-likeness (QED) is 0.670. The fraction of sp³-hybridized carbons (Fsp3) is 0.440. The molecule has 0 saturated carbocycles. The zero-order chi connectivity index (χ0) is 23.9. The number of hydrogen-bond donors (Lipinski definition) is 1. The van der Waals surface area contributed by atoms with Crippen molar-refractivity contribution in [1.29, 1.82) is 0 Å². The van der Waals surface area contributed by atoms with Gasteiger partial charge >= 0.3 is 12.2 Å². The minimum Gasteiger partial charge on any atom is -0.445 e. The summed E-state index contributed by atoms with van der Waals surface area (Å²) in [5.74, 6) is 0. The Balaban J connectivity index is 0.000000162. The molecule has 0 aromatic heterocycles. The van der Waals surface area contributed by atoms with Crippen molar-refractivity contribution in [2.45, 2.75) is 37.6 Å². The molecule has 2 aromatic rings. The molecule has 9 nitrogen and oxygen atoms in total. The van der Waals surface area contributed by atoms with Crippen LogP contribution in [0.25, 0.3) is 0 Å². The van der Waals surface area contributed by atoms with Gasteiger partial charge in [0, 0.05) is 7.11 Å². The van der Waals surface area contributed by atoms with Crippen LogP contribution in [0, 0.1) is 0 Å². The number of nitrogens with zero attached hydrogens (tertiary/aromatic N) is 2. The van der Waals surface area contributed by atoms with Gasteiger partial charge in [0.15, 0.2) is 0 Å². The minimum absolute atomic E-state index is 0.236. The monoisotopic (exact) mass is 470 g/mol. The standard InChI is InChI=1S/C13H17NO4.C12H13NO3/c1-17-12-8-14(7-11(12)15)13(16)18-9-10-5-3-2-4-6-10;14-12(13-6-10-11(7-13)16-10)15-8-9-4-2-1-3-5-9/h2-6,11-12,15H,7-9H2,1H3;1-5,10-11H,6-8H2/t11-,12-;/m0./s1. The number of carbonyl (C=O) groups is 2. The number of methoxy groups -OCH3 is 1. The van der Waals surface area contributed by atoms with Crippen molar-refractivity contribution in [3.05, 3.63) is 71.8 Å². The lowest BCUT2D eigenvalue weighted by Gasteiger charge is -2.16. The summed E-state index contributed by atoms with van der Waals surface area (Å²) in [6, 6.07) is 19.2. The fourth-order valence-electron chi connectivity index (χ4n) is 3.92. The lowest BCUT2D eigenvalue weighted by molar-refractivity contribution is 0.0214. The van der Waals surface area contributed by atoms with E-state index in [1.165, 1.54) is 12.0 Å². The van der Waals surface area contributed by atoms with Crippen LogP contribution < -0.4 is 0 Å². The molecule has 0 radical (unpaired) electrons. The molecule has 3 aliphatic rings. The molecule has 1 N–H and O–H groups in total. The number of rotatable bonds is 5. The number of likely N-dealkylation sites (tertiary alicyclic amines) is 2. The normalized spacial score (nSPS) is 24.6. The van der Waals surface area contributed by atoms with Crippen molar-refractivity contribution >= 4 is 12.2 Å². The lowest BCUT2D eigenvalue weighted by atomic mass is 10.2. The van der Waals surface area contributed by atoms with Crippen LogP contribution in [0.5, 0.6) is 0 Å². The van der Waals surface area contributed by atoms with Gasteiger partial charge in [-0.3, -0.25) is 0 Å². The number of fused-ring (bicyclic) bond motifs is 1. The third kappa shape index (κ3) is 6.47. The summed E-state index contributed by atoms with van der Waals surface area (Å²) >= 11 is 0. The SMILES string of the molecule is CO[C@H]1CN(C(=O)OCc2ccccc2)C[C@@H]1O.O=C(OCc1ccccc1)N1CC2OC2C1. The van der Waals surface area contributed by atoms with Gasteiger partial charge in [-0.1, -0.05) is 60.7 Å². The number of epoxide rings is 1. The molecule has 0 bridgehead atoms. The summed E-state index contributed by atoms with van der Waals surface area (Å²) in [6.07, 6.45) is -1.08. The molecule has 182 valence electrons. The average Bonchev–Trinajstić information content (AvgIpc) is 3.29. The van der Waals surface area contributed by atoms with Gasteiger partial charge in [-0.05, 0) is 11.1 Å². The molecule has 34 heavy (non-hydrogen) atoms. The van der Waals surface area contributed by atoms with E-state index >= 15 is 0 Å². The van der Waals surface area contributed by atoms with E-state index in [9.17, 15) is 14.7 Å². The molecule has 3 aliphatic heterocycles. The maximum absolute atomic E-state index is 11.8. The van der Waals surface area contributed by atoms with Crippen LogP contribution in [0.4, 0.5) is 9.59 Å². The third-order valence-corrected chi connectivity index (χ3v) is 5.95. The van der Waals surface area contributed by atoms with Gasteiger partial charge in [-0.15, -0.1) is 0 Å². The van der Waals surface area contributed by atoms with Crippen LogP contribution in [0.2, 0.25) is 0 Å². The molecule has 0 aliphatic carbocycles. The summed E-state index contributed by atoms with van der Waals surface area (Å²) in [5, 5.41) is 9.62. The summed E-state index contributed by atoms with van der Waals surface area (Å²) in [4.78, 5) is 26.6. The molecule has 3 fully saturated rings. The topological polar surface area (TPSA) is 101 Å². The van der Waals surface area contributed by atoms with Gasteiger partial charge in [0.05, 0.1) is 32.3 Å². The van der Waals surface area contributed by atoms with Gasteiger partial charge in [0.25, 0.3) is 0 Å². The molecular formula is C25H30N2O7. The molecule has 3 heterocycles. The average molecular weight is 471 g/mol. The second-order valence-corrected chi connectivity index (χ2v) is 8.44. The van der Waals surface area contributed by atoms with Crippen LogP contribution in [0.3, 0.4) is 0 Å². The van der Waals surface area contributed by atoms with E-state index in [1.54, 1.807) is 4.90 Å². The van der Waals surface area contributed by atoms with Crippen molar-refractivity contribution in [3.8, 4) is 0 Å². The van der Waals surface area contributed by atoms with Gasteiger partial charge < -0.3 is 33.9 Å². The number of carbonyl (C=O) groups excluding carboxylic acids is 2. The Labute approximate surface area is 198 Å². The van der Waals surface area contributed by atoms with Gasteiger partial charge in [-0.25, -0.2) is 9.59 Å². The Bertz CT molecular complexity index is 933. The van der Waals surface area contributed by atoms with Gasteiger partial charge in [0.2, 0.25) is 0 Å². The van der Waals surface area contributed by atoms with E-state index in [0.29, 0.717) is 26.2 Å². The first-order valence-electron chi connectivity index (χ1n) is 11.3. The highest BCUT2D eigenvalue weighted by Gasteiger charge is 2.49. The van der Waals surface area contributed by atoms with Crippen LogP contribution in [-0.4, -0.2) is 84.8 Å². The van der Waals surface area contributed by atoms with Crippen molar-refractivity contribution in [1.82, 2.24) is 9.80 Å². The molecule has 2 unspecified atom stereocenters. The first-order chi connectivity index (χ1) is 16.5. The Kier molecular flexibility index (Phi) is 7.99. The number of ether oxygens (including phenoxy) is 4. The predicted octanol–water partition coefficient (Wildman–Crippen LogP) is 2.42. The zero-order valence-electron chi connectivity index (χ0n) is 19.1.